The standard InChI is InChI=1S/C29H40N4/c1-5-22-12-9-13-23(6-2)28(22)32-19-18-30-21-27-26(16-11-17-31-27)20-33-29-24(7-3)14-10-15-25(29)8-4/h9-17,30,32-33H,5-8,18-21H2,1-4H3. The van der Waals surface area contributed by atoms with Gasteiger partial charge in [-0.3, -0.25) is 4.98 Å². The molecule has 2 aromatic carbocycles. The Labute approximate surface area is 200 Å². The highest BCUT2D eigenvalue weighted by atomic mass is 15.0. The van der Waals surface area contributed by atoms with Gasteiger partial charge in [-0.05, 0) is 59.6 Å². The quantitative estimate of drug-likeness (QED) is 0.277. The first-order valence-electron chi connectivity index (χ1n) is 12.5. The van der Waals surface area contributed by atoms with Gasteiger partial charge >= 0.3 is 0 Å². The second-order valence-electron chi connectivity index (χ2n) is 8.38. The summed E-state index contributed by atoms with van der Waals surface area (Å²) in [5.74, 6) is 0. The van der Waals surface area contributed by atoms with E-state index in [1.54, 1.807) is 0 Å². The van der Waals surface area contributed by atoms with Gasteiger partial charge in [0, 0.05) is 43.8 Å². The summed E-state index contributed by atoms with van der Waals surface area (Å²) in [6.45, 7) is 12.2. The molecule has 0 radical (unpaired) electrons. The second-order valence-corrected chi connectivity index (χ2v) is 8.38. The number of nitrogens with zero attached hydrogens (tertiary/aromatic N) is 1. The summed E-state index contributed by atoms with van der Waals surface area (Å²) in [7, 11) is 0. The molecular weight excluding hydrogens is 404 g/mol. The summed E-state index contributed by atoms with van der Waals surface area (Å²) in [5.41, 5.74) is 10.5. The van der Waals surface area contributed by atoms with Crippen molar-refractivity contribution in [3.63, 3.8) is 0 Å². The number of rotatable bonds is 13. The summed E-state index contributed by atoms with van der Waals surface area (Å²) in [5, 5.41) is 10.9. The monoisotopic (exact) mass is 444 g/mol. The van der Waals surface area contributed by atoms with Gasteiger partial charge < -0.3 is 16.0 Å². The normalized spacial score (nSPS) is 10.9. The predicted octanol–water partition coefficient (Wildman–Crippen LogP) is 6.15. The molecule has 1 aromatic heterocycles. The highest BCUT2D eigenvalue weighted by Gasteiger charge is 2.09. The fraction of sp³-hybridized carbons (Fsp3) is 0.414. The molecule has 0 bridgehead atoms. The van der Waals surface area contributed by atoms with E-state index in [-0.39, 0.29) is 0 Å². The molecule has 4 heteroatoms. The molecule has 3 aromatic rings. The molecule has 3 rings (SSSR count). The Morgan fingerprint density at radius 2 is 1.09 bits per heavy atom. The van der Waals surface area contributed by atoms with E-state index in [9.17, 15) is 0 Å². The lowest BCUT2D eigenvalue weighted by atomic mass is 10.0. The average Bonchev–Trinajstić information content (AvgIpc) is 2.87. The lowest BCUT2D eigenvalue weighted by molar-refractivity contribution is 0.686. The molecule has 0 saturated carbocycles. The molecule has 176 valence electrons. The van der Waals surface area contributed by atoms with Crippen LogP contribution < -0.4 is 16.0 Å². The lowest BCUT2D eigenvalue weighted by Gasteiger charge is -2.17. The number of pyridine rings is 1. The molecule has 0 aliphatic heterocycles. The molecule has 1 heterocycles. The molecule has 0 atom stereocenters. The number of anilines is 2. The highest BCUT2D eigenvalue weighted by Crippen LogP contribution is 2.24. The van der Waals surface area contributed by atoms with Gasteiger partial charge in [-0.25, -0.2) is 0 Å². The third kappa shape index (κ3) is 6.58. The van der Waals surface area contributed by atoms with E-state index in [0.29, 0.717) is 0 Å². The zero-order chi connectivity index (χ0) is 23.5. The molecule has 0 aliphatic rings. The molecule has 3 N–H and O–H groups in total. The zero-order valence-electron chi connectivity index (χ0n) is 20.8. The second kappa shape index (κ2) is 13.0. The summed E-state index contributed by atoms with van der Waals surface area (Å²) < 4.78 is 0. The Hall–Kier alpha value is -2.85. The molecule has 4 nitrogen and oxygen atoms in total. The number of nitrogens with one attached hydrogen (secondary N) is 3. The van der Waals surface area contributed by atoms with Crippen LogP contribution in [0.5, 0.6) is 0 Å². The van der Waals surface area contributed by atoms with Crippen LogP contribution in [0, 0.1) is 0 Å². The van der Waals surface area contributed by atoms with E-state index >= 15 is 0 Å². The van der Waals surface area contributed by atoms with Gasteiger partial charge in [-0.2, -0.15) is 0 Å². The van der Waals surface area contributed by atoms with Crippen LogP contribution in [-0.2, 0) is 38.8 Å². The Morgan fingerprint density at radius 3 is 1.64 bits per heavy atom. The van der Waals surface area contributed by atoms with Crippen molar-refractivity contribution in [2.75, 3.05) is 23.7 Å². The summed E-state index contributed by atoms with van der Waals surface area (Å²) in [6, 6.07) is 17.4. The molecule has 33 heavy (non-hydrogen) atoms. The molecular formula is C29H40N4. The summed E-state index contributed by atoms with van der Waals surface area (Å²) in [4.78, 5) is 4.66. The first kappa shape index (κ1) is 24.8. The van der Waals surface area contributed by atoms with Crippen LogP contribution in [0.1, 0.15) is 61.2 Å². The number of hydrogen-bond donors (Lipinski definition) is 3. The topological polar surface area (TPSA) is 49.0 Å². The maximum Gasteiger partial charge on any atom is 0.0591 e. The van der Waals surface area contributed by atoms with Crippen molar-refractivity contribution in [1.29, 1.82) is 0 Å². The number of aromatic nitrogens is 1. The Morgan fingerprint density at radius 1 is 0.576 bits per heavy atom. The zero-order valence-corrected chi connectivity index (χ0v) is 20.8. The summed E-state index contributed by atoms with van der Waals surface area (Å²) >= 11 is 0. The van der Waals surface area contributed by atoms with Gasteiger partial charge in [0.2, 0.25) is 0 Å². The number of para-hydroxylation sites is 2. The maximum absolute atomic E-state index is 4.66. The van der Waals surface area contributed by atoms with Crippen molar-refractivity contribution in [2.45, 2.75) is 66.5 Å². The van der Waals surface area contributed by atoms with Gasteiger partial charge in [0.15, 0.2) is 0 Å². The van der Waals surface area contributed by atoms with Crippen molar-refractivity contribution < 1.29 is 0 Å². The van der Waals surface area contributed by atoms with Gasteiger partial charge in [0.1, 0.15) is 0 Å². The van der Waals surface area contributed by atoms with E-state index in [1.165, 1.54) is 39.2 Å². The molecule has 0 saturated heterocycles. The fourth-order valence-electron chi connectivity index (χ4n) is 4.40. The Bertz CT molecular complexity index is 968. The Kier molecular flexibility index (Phi) is 9.77. The predicted molar refractivity (Wildman–Crippen MR) is 142 cm³/mol. The maximum atomic E-state index is 4.66. The third-order valence-electron chi connectivity index (χ3n) is 6.33. The van der Waals surface area contributed by atoms with E-state index in [1.807, 2.05) is 12.3 Å². The van der Waals surface area contributed by atoms with Crippen molar-refractivity contribution in [3.05, 3.63) is 88.2 Å². The van der Waals surface area contributed by atoms with Crippen molar-refractivity contribution >= 4 is 11.4 Å². The average molecular weight is 445 g/mol. The fourth-order valence-corrected chi connectivity index (χ4v) is 4.40. The number of hydrogen-bond acceptors (Lipinski definition) is 4. The van der Waals surface area contributed by atoms with Crippen LogP contribution in [0.2, 0.25) is 0 Å². The lowest BCUT2D eigenvalue weighted by Crippen LogP contribution is -2.24. The van der Waals surface area contributed by atoms with Crippen LogP contribution in [0.15, 0.2) is 54.7 Å². The SMILES string of the molecule is CCc1cccc(CC)c1NCCNCc1ncccc1CNc1c(CC)cccc1CC. The Balaban J connectivity index is 1.56. The van der Waals surface area contributed by atoms with Crippen molar-refractivity contribution in [1.82, 2.24) is 10.3 Å². The first-order chi connectivity index (χ1) is 16.2. The minimum absolute atomic E-state index is 0.769. The third-order valence-corrected chi connectivity index (χ3v) is 6.33. The molecule has 0 spiro atoms. The van der Waals surface area contributed by atoms with E-state index < -0.39 is 0 Å². The molecule has 0 amide bonds. The molecule has 0 aliphatic carbocycles. The highest BCUT2D eigenvalue weighted by molar-refractivity contribution is 5.59. The van der Waals surface area contributed by atoms with Crippen LogP contribution >= 0.6 is 0 Å². The van der Waals surface area contributed by atoms with Crippen LogP contribution in [-0.4, -0.2) is 18.1 Å². The van der Waals surface area contributed by atoms with Crippen molar-refractivity contribution in [2.24, 2.45) is 0 Å². The minimum Gasteiger partial charge on any atom is -0.383 e. The van der Waals surface area contributed by atoms with Gasteiger partial charge in [0.25, 0.3) is 0 Å². The largest absolute Gasteiger partial charge is 0.383 e. The minimum atomic E-state index is 0.769. The number of aryl methyl sites for hydroxylation is 4. The van der Waals surface area contributed by atoms with Gasteiger partial charge in [-0.1, -0.05) is 70.2 Å². The molecule has 0 fully saturated rings. The molecule has 0 unspecified atom stereocenters. The van der Waals surface area contributed by atoms with Crippen molar-refractivity contribution in [3.8, 4) is 0 Å². The first-order valence-corrected chi connectivity index (χ1v) is 12.5. The van der Waals surface area contributed by atoms with E-state index in [2.05, 4.69) is 91.1 Å². The van der Waals surface area contributed by atoms with E-state index in [0.717, 1.165) is 57.6 Å². The van der Waals surface area contributed by atoms with Gasteiger partial charge in [-0.15, -0.1) is 0 Å². The van der Waals surface area contributed by atoms with E-state index in [4.69, 9.17) is 0 Å². The summed E-state index contributed by atoms with van der Waals surface area (Å²) in [6.07, 6.45) is 6.06. The number of benzene rings is 2. The van der Waals surface area contributed by atoms with Crippen LogP contribution in [0.25, 0.3) is 0 Å². The van der Waals surface area contributed by atoms with Crippen LogP contribution in [0.3, 0.4) is 0 Å². The van der Waals surface area contributed by atoms with Gasteiger partial charge in [0.05, 0.1) is 5.69 Å². The van der Waals surface area contributed by atoms with Crippen LogP contribution in [0.4, 0.5) is 11.4 Å². The smallest absolute Gasteiger partial charge is 0.0591 e.